The number of piperazine rings is 1. The molecule has 1 fully saturated rings. The number of fused-ring (bicyclic) bond motifs is 1. The number of carbonyl (C=O) groups is 1. The van der Waals surface area contributed by atoms with Crippen molar-refractivity contribution in [1.29, 1.82) is 0 Å². The Labute approximate surface area is 218 Å². The second kappa shape index (κ2) is 10.8. The van der Waals surface area contributed by atoms with Gasteiger partial charge in [-0.25, -0.2) is 0 Å². The average molecular weight is 514 g/mol. The largest absolute Gasteiger partial charge is 0.493 e. The van der Waals surface area contributed by atoms with Crippen LogP contribution in [0, 0.1) is 10.1 Å². The third-order valence-corrected chi connectivity index (χ3v) is 6.59. The van der Waals surface area contributed by atoms with E-state index >= 15 is 0 Å². The molecule has 194 valence electrons. The van der Waals surface area contributed by atoms with Gasteiger partial charge in [-0.05, 0) is 37.4 Å². The number of azo groups is 1. The fourth-order valence-electron chi connectivity index (χ4n) is 4.45. The van der Waals surface area contributed by atoms with E-state index in [-0.39, 0.29) is 28.5 Å². The van der Waals surface area contributed by atoms with Crippen molar-refractivity contribution in [2.24, 2.45) is 10.2 Å². The first-order valence-corrected chi connectivity index (χ1v) is 12.2. The number of nitro benzene ring substituents is 1. The number of amides is 1. The van der Waals surface area contributed by atoms with Crippen LogP contribution >= 0.6 is 0 Å². The Hall–Kier alpha value is -4.61. The first kappa shape index (κ1) is 25.1. The van der Waals surface area contributed by atoms with E-state index in [9.17, 15) is 20.0 Å². The summed E-state index contributed by atoms with van der Waals surface area (Å²) in [5.41, 5.74) is 1.63. The quantitative estimate of drug-likeness (QED) is 0.199. The molecule has 0 radical (unpaired) electrons. The Kier molecular flexibility index (Phi) is 7.11. The van der Waals surface area contributed by atoms with Crippen LogP contribution in [0.1, 0.15) is 10.4 Å². The van der Waals surface area contributed by atoms with Gasteiger partial charge in [0.1, 0.15) is 5.69 Å². The van der Waals surface area contributed by atoms with Crippen LogP contribution in [0.25, 0.3) is 10.9 Å². The second-order valence-electron chi connectivity index (χ2n) is 9.17. The third kappa shape index (κ3) is 5.24. The summed E-state index contributed by atoms with van der Waals surface area (Å²) in [5.74, 6) is -0.843. The van der Waals surface area contributed by atoms with E-state index in [2.05, 4.69) is 32.4 Å². The molecule has 4 aromatic rings. The van der Waals surface area contributed by atoms with Crippen molar-refractivity contribution in [3.8, 4) is 5.88 Å². The number of nitrogens with one attached hydrogen (secondary N) is 1. The van der Waals surface area contributed by atoms with Crippen molar-refractivity contribution >= 4 is 39.6 Å². The van der Waals surface area contributed by atoms with Gasteiger partial charge in [0.25, 0.3) is 11.6 Å². The van der Waals surface area contributed by atoms with E-state index < -0.39 is 10.8 Å². The fraction of sp³-hybridized carbons (Fsp3) is 0.222. The maximum Gasteiger partial charge on any atom is 0.295 e. The molecule has 2 heterocycles. The zero-order valence-electron chi connectivity index (χ0n) is 20.8. The fourth-order valence-corrected chi connectivity index (χ4v) is 4.45. The lowest BCUT2D eigenvalue weighted by molar-refractivity contribution is -0.383. The van der Waals surface area contributed by atoms with Crippen LogP contribution < -0.4 is 5.32 Å². The van der Waals surface area contributed by atoms with Gasteiger partial charge in [0.2, 0.25) is 5.88 Å². The smallest absolute Gasteiger partial charge is 0.295 e. The summed E-state index contributed by atoms with van der Waals surface area (Å²) in [7, 11) is 2.08. The van der Waals surface area contributed by atoms with Crippen LogP contribution in [0.15, 0.2) is 83.0 Å². The van der Waals surface area contributed by atoms with Crippen molar-refractivity contribution in [2.75, 3.05) is 38.5 Å². The van der Waals surface area contributed by atoms with Crippen LogP contribution in [0.3, 0.4) is 0 Å². The molecule has 1 aliphatic heterocycles. The number of hydrogen-bond acceptors (Lipinski definition) is 8. The standard InChI is InChI=1S/C27H27N7O4/c1-31-13-15-32(16-14-31)18-33-23-10-6-5-9-21(23)25(27(33)36)29-30-26(35)19-11-12-22(24(17-19)34(37)38)28-20-7-3-2-4-8-20/h2-12,17,28,36H,13-16,18H2,1H3. The maximum absolute atomic E-state index is 12.9. The van der Waals surface area contributed by atoms with Gasteiger partial charge in [0.05, 0.1) is 22.7 Å². The molecular formula is C27H27N7O4. The summed E-state index contributed by atoms with van der Waals surface area (Å²) >= 11 is 0. The highest BCUT2D eigenvalue weighted by atomic mass is 16.6. The molecule has 1 aromatic heterocycles. The predicted molar refractivity (Wildman–Crippen MR) is 144 cm³/mol. The number of hydrogen-bond donors (Lipinski definition) is 2. The summed E-state index contributed by atoms with van der Waals surface area (Å²) in [4.78, 5) is 28.5. The van der Waals surface area contributed by atoms with Crippen molar-refractivity contribution in [1.82, 2.24) is 14.4 Å². The maximum atomic E-state index is 12.9. The molecule has 38 heavy (non-hydrogen) atoms. The van der Waals surface area contributed by atoms with Gasteiger partial charge in [0.15, 0.2) is 5.69 Å². The number of anilines is 2. The highest BCUT2D eigenvalue weighted by molar-refractivity contribution is 5.98. The number of aromatic nitrogens is 1. The Balaban J connectivity index is 1.41. The van der Waals surface area contributed by atoms with E-state index in [1.807, 2.05) is 42.5 Å². The minimum Gasteiger partial charge on any atom is -0.493 e. The molecule has 2 N–H and O–H groups in total. The number of benzene rings is 3. The van der Waals surface area contributed by atoms with Crippen LogP contribution in [0.4, 0.5) is 22.7 Å². The molecular weight excluding hydrogens is 486 g/mol. The number of rotatable bonds is 7. The average Bonchev–Trinajstić information content (AvgIpc) is 3.19. The monoisotopic (exact) mass is 513 g/mol. The van der Waals surface area contributed by atoms with Crippen molar-refractivity contribution in [3.63, 3.8) is 0 Å². The topological polar surface area (TPSA) is 129 Å². The van der Waals surface area contributed by atoms with E-state index in [0.717, 1.165) is 31.7 Å². The highest BCUT2D eigenvalue weighted by Crippen LogP contribution is 2.39. The van der Waals surface area contributed by atoms with E-state index in [1.165, 1.54) is 18.2 Å². The molecule has 0 bridgehead atoms. The molecule has 11 nitrogen and oxygen atoms in total. The van der Waals surface area contributed by atoms with Gasteiger partial charge in [-0.1, -0.05) is 36.4 Å². The highest BCUT2D eigenvalue weighted by Gasteiger charge is 2.22. The first-order valence-electron chi connectivity index (χ1n) is 12.2. The van der Waals surface area contributed by atoms with Crippen molar-refractivity contribution in [2.45, 2.75) is 6.67 Å². The van der Waals surface area contributed by atoms with Crippen LogP contribution in [-0.4, -0.2) is 63.5 Å². The number of nitro groups is 1. The summed E-state index contributed by atoms with van der Waals surface area (Å²) in [6.07, 6.45) is 0. The lowest BCUT2D eigenvalue weighted by Gasteiger charge is -2.32. The summed E-state index contributed by atoms with van der Waals surface area (Å²) in [6.45, 7) is 4.09. The lowest BCUT2D eigenvalue weighted by Crippen LogP contribution is -2.44. The predicted octanol–water partition coefficient (Wildman–Crippen LogP) is 5.13. The van der Waals surface area contributed by atoms with E-state index in [4.69, 9.17) is 0 Å². The zero-order valence-corrected chi connectivity index (χ0v) is 20.8. The minimum absolute atomic E-state index is 0.0136. The van der Waals surface area contributed by atoms with Crippen LogP contribution in [0.5, 0.6) is 5.88 Å². The Bertz CT molecular complexity index is 1510. The number of para-hydroxylation sites is 2. The first-order chi connectivity index (χ1) is 18.4. The van der Waals surface area contributed by atoms with Gasteiger partial charge >= 0.3 is 0 Å². The number of nitrogens with zero attached hydrogens (tertiary/aromatic N) is 6. The molecule has 0 saturated carbocycles. The van der Waals surface area contributed by atoms with E-state index in [0.29, 0.717) is 17.7 Å². The number of aromatic hydroxyl groups is 1. The zero-order chi connectivity index (χ0) is 26.6. The molecule has 1 amide bonds. The summed E-state index contributed by atoms with van der Waals surface area (Å²) in [6, 6.07) is 20.5. The number of likely N-dealkylation sites (N-methyl/N-ethyl adjacent to an activating group) is 1. The molecule has 0 spiro atoms. The van der Waals surface area contributed by atoms with Gasteiger partial charge < -0.3 is 15.3 Å². The Morgan fingerprint density at radius 1 is 1.03 bits per heavy atom. The second-order valence-corrected chi connectivity index (χ2v) is 9.17. The van der Waals surface area contributed by atoms with Gasteiger partial charge in [-0.15, -0.1) is 10.2 Å². The van der Waals surface area contributed by atoms with Crippen LogP contribution in [-0.2, 0) is 6.67 Å². The Morgan fingerprint density at radius 2 is 1.74 bits per heavy atom. The summed E-state index contributed by atoms with van der Waals surface area (Å²) < 4.78 is 1.76. The minimum atomic E-state index is -0.755. The van der Waals surface area contributed by atoms with Crippen molar-refractivity contribution in [3.05, 3.63) is 88.5 Å². The van der Waals surface area contributed by atoms with Gasteiger partial charge in [-0.3, -0.25) is 24.4 Å². The molecule has 3 aromatic carbocycles. The normalized spacial score (nSPS) is 14.8. The molecule has 0 unspecified atom stereocenters. The Morgan fingerprint density at radius 3 is 2.47 bits per heavy atom. The molecule has 0 atom stereocenters. The molecule has 0 aliphatic carbocycles. The van der Waals surface area contributed by atoms with E-state index in [1.54, 1.807) is 16.7 Å². The summed E-state index contributed by atoms with van der Waals surface area (Å²) in [5, 5.41) is 34.3. The molecule has 1 saturated heterocycles. The molecule has 11 heteroatoms. The lowest BCUT2D eigenvalue weighted by atomic mass is 10.1. The van der Waals surface area contributed by atoms with Crippen molar-refractivity contribution < 1.29 is 14.8 Å². The van der Waals surface area contributed by atoms with Gasteiger partial charge in [0, 0.05) is 43.3 Å². The van der Waals surface area contributed by atoms with Gasteiger partial charge in [-0.2, -0.15) is 0 Å². The number of carbonyl (C=O) groups excluding carboxylic acids is 1. The molecule has 5 rings (SSSR count). The molecule has 1 aliphatic rings. The third-order valence-electron chi connectivity index (χ3n) is 6.59. The van der Waals surface area contributed by atoms with Crippen LogP contribution in [0.2, 0.25) is 0 Å². The SMILES string of the molecule is CN1CCN(Cn2c(O)c(N=NC(=O)c3ccc(Nc4ccccc4)c([N+](=O)[O-])c3)c3ccccc32)CC1.